The zero-order valence-corrected chi connectivity index (χ0v) is 27.5. The molecule has 9 aromatic rings. The fraction of sp³-hybridized carbons (Fsp3) is 0. The predicted octanol–water partition coefficient (Wildman–Crippen LogP) is 13.3. The van der Waals surface area contributed by atoms with Crippen LogP contribution < -0.4 is 4.90 Å². The maximum Gasteiger partial charge on any atom is 0.0619 e. The van der Waals surface area contributed by atoms with Gasteiger partial charge in [0.25, 0.3) is 0 Å². The molecular weight excluding hydrogens is 605 g/mol. The molecule has 0 atom stereocenters. The van der Waals surface area contributed by atoms with Crippen LogP contribution in [0.4, 0.5) is 17.1 Å². The molecule has 2 nitrogen and oxygen atoms in total. The molecule has 8 aromatic carbocycles. The number of para-hydroxylation sites is 3. The lowest BCUT2D eigenvalue weighted by Crippen LogP contribution is -2.10. The van der Waals surface area contributed by atoms with Crippen molar-refractivity contribution in [3.63, 3.8) is 0 Å². The highest BCUT2D eigenvalue weighted by molar-refractivity contribution is 6.13. The minimum absolute atomic E-state index is 1.10. The smallest absolute Gasteiger partial charge is 0.0619 e. The Morgan fingerprint density at radius 2 is 0.800 bits per heavy atom. The van der Waals surface area contributed by atoms with Gasteiger partial charge in [0.1, 0.15) is 0 Å². The molecule has 0 aliphatic carbocycles. The van der Waals surface area contributed by atoms with Gasteiger partial charge in [-0.3, -0.25) is 0 Å². The molecule has 1 aromatic heterocycles. The molecule has 0 radical (unpaired) electrons. The van der Waals surface area contributed by atoms with Gasteiger partial charge in [-0.2, -0.15) is 0 Å². The van der Waals surface area contributed by atoms with Crippen LogP contribution in [-0.2, 0) is 0 Å². The van der Waals surface area contributed by atoms with E-state index in [4.69, 9.17) is 0 Å². The molecule has 2 heteroatoms. The standard InChI is InChI=1S/C48H34N2/c1-4-14-35(15-5-1)37-26-30-41(31-27-37)49(42-32-28-38(29-33-42)36-16-6-2-7-17-36)43-21-12-18-39(34-43)44-23-13-24-46-45-22-10-11-25-47(45)50(48(44)46)40-19-8-3-9-20-40/h1-34H. The highest BCUT2D eigenvalue weighted by Gasteiger charge is 2.18. The lowest BCUT2D eigenvalue weighted by molar-refractivity contribution is 1.18. The molecule has 0 spiro atoms. The minimum Gasteiger partial charge on any atom is -0.310 e. The third-order valence-corrected chi connectivity index (χ3v) is 9.59. The first-order valence-electron chi connectivity index (χ1n) is 17.1. The molecule has 0 amide bonds. The Morgan fingerprint density at radius 1 is 0.320 bits per heavy atom. The number of hydrogen-bond donors (Lipinski definition) is 0. The Hall–Kier alpha value is -6.64. The van der Waals surface area contributed by atoms with Crippen LogP contribution >= 0.6 is 0 Å². The molecule has 0 saturated carbocycles. The van der Waals surface area contributed by atoms with E-state index in [1.807, 2.05) is 0 Å². The third kappa shape index (κ3) is 5.34. The van der Waals surface area contributed by atoms with Crippen molar-refractivity contribution in [2.45, 2.75) is 0 Å². The molecule has 0 N–H and O–H groups in total. The van der Waals surface area contributed by atoms with Gasteiger partial charge in [0.05, 0.1) is 11.0 Å². The van der Waals surface area contributed by atoms with Crippen LogP contribution in [0.15, 0.2) is 206 Å². The van der Waals surface area contributed by atoms with Crippen LogP contribution in [0.1, 0.15) is 0 Å². The largest absolute Gasteiger partial charge is 0.310 e. The van der Waals surface area contributed by atoms with Gasteiger partial charge in [-0.05, 0) is 82.4 Å². The molecule has 1 heterocycles. The highest BCUT2D eigenvalue weighted by Crippen LogP contribution is 2.41. The Morgan fingerprint density at radius 3 is 1.42 bits per heavy atom. The summed E-state index contributed by atoms with van der Waals surface area (Å²) in [5.74, 6) is 0. The van der Waals surface area contributed by atoms with Crippen molar-refractivity contribution in [2.24, 2.45) is 0 Å². The normalized spacial score (nSPS) is 11.2. The fourth-order valence-electron chi connectivity index (χ4n) is 7.22. The maximum absolute atomic E-state index is 2.41. The van der Waals surface area contributed by atoms with E-state index in [2.05, 4.69) is 216 Å². The van der Waals surface area contributed by atoms with Gasteiger partial charge in [-0.25, -0.2) is 0 Å². The fourth-order valence-corrected chi connectivity index (χ4v) is 7.22. The second-order valence-corrected chi connectivity index (χ2v) is 12.6. The number of fused-ring (bicyclic) bond motifs is 3. The first-order chi connectivity index (χ1) is 24.8. The molecule has 50 heavy (non-hydrogen) atoms. The number of benzene rings is 8. The summed E-state index contributed by atoms with van der Waals surface area (Å²) in [5, 5.41) is 2.50. The van der Waals surface area contributed by atoms with Crippen molar-refractivity contribution in [3.8, 4) is 39.1 Å². The summed E-state index contributed by atoms with van der Waals surface area (Å²) in [6, 6.07) is 74.0. The van der Waals surface area contributed by atoms with Gasteiger partial charge >= 0.3 is 0 Å². The second-order valence-electron chi connectivity index (χ2n) is 12.6. The van der Waals surface area contributed by atoms with Gasteiger partial charge in [-0.15, -0.1) is 0 Å². The minimum atomic E-state index is 1.10. The van der Waals surface area contributed by atoms with Crippen LogP contribution in [0, 0.1) is 0 Å². The zero-order valence-electron chi connectivity index (χ0n) is 27.5. The summed E-state index contributed by atoms with van der Waals surface area (Å²) in [7, 11) is 0. The van der Waals surface area contributed by atoms with E-state index >= 15 is 0 Å². The Balaban J connectivity index is 1.20. The highest BCUT2D eigenvalue weighted by atomic mass is 15.1. The lowest BCUT2D eigenvalue weighted by atomic mass is 10.00. The van der Waals surface area contributed by atoms with Gasteiger partial charge in [-0.1, -0.05) is 152 Å². The molecule has 0 aliphatic heterocycles. The third-order valence-electron chi connectivity index (χ3n) is 9.59. The number of anilines is 3. The van der Waals surface area contributed by atoms with Gasteiger partial charge in [0.2, 0.25) is 0 Å². The Kier molecular flexibility index (Phi) is 7.53. The molecule has 0 fully saturated rings. The number of rotatable bonds is 7. The van der Waals surface area contributed by atoms with Crippen molar-refractivity contribution in [1.29, 1.82) is 0 Å². The van der Waals surface area contributed by atoms with E-state index in [1.54, 1.807) is 0 Å². The van der Waals surface area contributed by atoms with Crippen LogP contribution in [0.3, 0.4) is 0 Å². The van der Waals surface area contributed by atoms with E-state index in [9.17, 15) is 0 Å². The second kappa shape index (κ2) is 12.8. The number of nitrogens with zero attached hydrogens (tertiary/aromatic N) is 2. The Labute approximate surface area is 292 Å². The molecule has 0 bridgehead atoms. The molecule has 9 rings (SSSR count). The van der Waals surface area contributed by atoms with Crippen LogP contribution in [0.25, 0.3) is 60.9 Å². The van der Waals surface area contributed by atoms with Gasteiger partial charge in [0, 0.05) is 39.1 Å². The summed E-state index contributed by atoms with van der Waals surface area (Å²) in [4.78, 5) is 2.36. The quantitative estimate of drug-likeness (QED) is 0.169. The lowest BCUT2D eigenvalue weighted by Gasteiger charge is -2.26. The zero-order chi connectivity index (χ0) is 33.3. The van der Waals surface area contributed by atoms with Gasteiger partial charge < -0.3 is 9.47 Å². The summed E-state index contributed by atoms with van der Waals surface area (Å²) in [5.41, 5.74) is 14.1. The summed E-state index contributed by atoms with van der Waals surface area (Å²) < 4.78 is 2.41. The first kappa shape index (κ1) is 29.5. The summed E-state index contributed by atoms with van der Waals surface area (Å²) >= 11 is 0. The van der Waals surface area contributed by atoms with E-state index in [-0.39, 0.29) is 0 Å². The predicted molar refractivity (Wildman–Crippen MR) is 212 cm³/mol. The van der Waals surface area contributed by atoms with Crippen molar-refractivity contribution in [2.75, 3.05) is 4.90 Å². The molecule has 0 saturated heterocycles. The average molecular weight is 639 g/mol. The summed E-state index contributed by atoms with van der Waals surface area (Å²) in [6.07, 6.45) is 0. The van der Waals surface area contributed by atoms with Gasteiger partial charge in [0.15, 0.2) is 0 Å². The van der Waals surface area contributed by atoms with Crippen LogP contribution in [0.5, 0.6) is 0 Å². The molecular formula is C48H34N2. The van der Waals surface area contributed by atoms with Crippen molar-refractivity contribution in [3.05, 3.63) is 206 Å². The van der Waals surface area contributed by atoms with E-state index in [0.717, 1.165) is 22.7 Å². The number of aromatic nitrogens is 1. The SMILES string of the molecule is c1ccc(-c2ccc(N(c3ccc(-c4ccccc4)cc3)c3cccc(-c4cccc5c6ccccc6n(-c6ccccc6)c45)c3)cc2)cc1. The molecule has 0 aliphatic rings. The van der Waals surface area contributed by atoms with Crippen molar-refractivity contribution >= 4 is 38.9 Å². The van der Waals surface area contributed by atoms with Crippen LogP contribution in [-0.4, -0.2) is 4.57 Å². The average Bonchev–Trinajstić information content (AvgIpc) is 3.54. The topological polar surface area (TPSA) is 8.17 Å². The Bertz CT molecular complexity index is 2470. The van der Waals surface area contributed by atoms with E-state index in [1.165, 1.54) is 55.2 Å². The number of hydrogen-bond acceptors (Lipinski definition) is 1. The summed E-state index contributed by atoms with van der Waals surface area (Å²) in [6.45, 7) is 0. The van der Waals surface area contributed by atoms with Crippen LogP contribution in [0.2, 0.25) is 0 Å². The van der Waals surface area contributed by atoms with Crippen molar-refractivity contribution in [1.82, 2.24) is 4.57 Å². The maximum atomic E-state index is 2.41. The van der Waals surface area contributed by atoms with Crippen molar-refractivity contribution < 1.29 is 0 Å². The van der Waals surface area contributed by atoms with E-state index in [0.29, 0.717) is 0 Å². The monoisotopic (exact) mass is 638 g/mol. The molecule has 0 unspecified atom stereocenters. The molecule has 236 valence electrons. The van der Waals surface area contributed by atoms with E-state index < -0.39 is 0 Å². The first-order valence-corrected chi connectivity index (χ1v) is 17.1.